The van der Waals surface area contributed by atoms with Gasteiger partial charge in [0.15, 0.2) is 5.13 Å². The Morgan fingerprint density at radius 2 is 1.48 bits per heavy atom. The van der Waals surface area contributed by atoms with E-state index in [-0.39, 0.29) is 11.8 Å². The summed E-state index contributed by atoms with van der Waals surface area (Å²) < 4.78 is 0. The molecule has 0 bridgehead atoms. The summed E-state index contributed by atoms with van der Waals surface area (Å²) in [5.41, 5.74) is 4.27. The summed E-state index contributed by atoms with van der Waals surface area (Å²) in [4.78, 5) is 39.7. The number of thiazole rings is 1. The molecule has 1 aromatic heterocycles. The molecule has 0 atom stereocenters. The molecule has 0 unspecified atom stereocenters. The molecule has 0 radical (unpaired) electrons. The first-order valence-electron chi connectivity index (χ1n) is 10.5. The van der Waals surface area contributed by atoms with E-state index in [1.807, 2.05) is 36.4 Å². The summed E-state index contributed by atoms with van der Waals surface area (Å²) in [6.07, 6.45) is 1.91. The Hall–Kier alpha value is -3.72. The second kappa shape index (κ2) is 11.2. The highest BCUT2D eigenvalue weighted by Crippen LogP contribution is 2.26. The molecule has 4 N–H and O–H groups in total. The SMILES string of the molecule is CNC(=O)c1ccc(CCc2sc(NC(C)=O)nc2CCc2ccc(NC(=O)O)cc2)cc1. The molecule has 1 heterocycles. The van der Waals surface area contributed by atoms with Crippen LogP contribution in [0.25, 0.3) is 0 Å². The lowest BCUT2D eigenvalue weighted by molar-refractivity contribution is -0.114. The molecule has 3 amide bonds. The smallest absolute Gasteiger partial charge is 0.409 e. The van der Waals surface area contributed by atoms with E-state index >= 15 is 0 Å². The zero-order valence-corrected chi connectivity index (χ0v) is 19.3. The number of aryl methyl sites for hydroxylation is 4. The summed E-state index contributed by atoms with van der Waals surface area (Å²) in [6.45, 7) is 1.46. The summed E-state index contributed by atoms with van der Waals surface area (Å²) in [5, 5.41) is 17.1. The van der Waals surface area contributed by atoms with Crippen molar-refractivity contribution in [2.75, 3.05) is 17.7 Å². The molecule has 0 fully saturated rings. The highest BCUT2D eigenvalue weighted by Gasteiger charge is 2.13. The molecular weight excluding hydrogens is 440 g/mol. The number of aromatic nitrogens is 1. The van der Waals surface area contributed by atoms with E-state index in [9.17, 15) is 14.4 Å². The van der Waals surface area contributed by atoms with E-state index in [4.69, 9.17) is 5.11 Å². The quantitative estimate of drug-likeness (QED) is 0.378. The van der Waals surface area contributed by atoms with E-state index in [1.54, 1.807) is 19.2 Å². The molecule has 172 valence electrons. The minimum Gasteiger partial charge on any atom is -0.465 e. The monoisotopic (exact) mass is 466 g/mol. The van der Waals surface area contributed by atoms with Crippen molar-refractivity contribution in [1.29, 1.82) is 0 Å². The van der Waals surface area contributed by atoms with Gasteiger partial charge < -0.3 is 15.7 Å². The Morgan fingerprint density at radius 3 is 2.06 bits per heavy atom. The average Bonchev–Trinajstić information content (AvgIpc) is 3.17. The van der Waals surface area contributed by atoms with Gasteiger partial charge in [-0.2, -0.15) is 0 Å². The summed E-state index contributed by atoms with van der Waals surface area (Å²) >= 11 is 1.48. The largest absolute Gasteiger partial charge is 0.465 e. The number of hydrogen-bond acceptors (Lipinski definition) is 5. The molecule has 9 heteroatoms. The van der Waals surface area contributed by atoms with Gasteiger partial charge in [0.1, 0.15) is 0 Å². The van der Waals surface area contributed by atoms with Crippen molar-refractivity contribution >= 4 is 40.1 Å². The molecule has 0 aliphatic carbocycles. The van der Waals surface area contributed by atoms with E-state index in [0.717, 1.165) is 41.0 Å². The van der Waals surface area contributed by atoms with Gasteiger partial charge in [0.25, 0.3) is 5.91 Å². The van der Waals surface area contributed by atoms with Crippen LogP contribution in [0.3, 0.4) is 0 Å². The predicted molar refractivity (Wildman–Crippen MR) is 129 cm³/mol. The van der Waals surface area contributed by atoms with Crippen LogP contribution in [0.5, 0.6) is 0 Å². The average molecular weight is 467 g/mol. The van der Waals surface area contributed by atoms with E-state index in [1.165, 1.54) is 18.3 Å². The van der Waals surface area contributed by atoms with Crippen LogP contribution < -0.4 is 16.0 Å². The Kier molecular flexibility index (Phi) is 8.15. The Bertz CT molecular complexity index is 1120. The first kappa shape index (κ1) is 23.9. The topological polar surface area (TPSA) is 120 Å². The molecule has 33 heavy (non-hydrogen) atoms. The first-order valence-corrected chi connectivity index (χ1v) is 11.3. The number of amides is 3. The van der Waals surface area contributed by atoms with Crippen molar-refractivity contribution in [2.24, 2.45) is 0 Å². The molecule has 0 aliphatic rings. The number of benzene rings is 2. The third kappa shape index (κ3) is 7.15. The molecule has 0 saturated heterocycles. The number of nitrogens with one attached hydrogen (secondary N) is 3. The van der Waals surface area contributed by atoms with Gasteiger partial charge in [-0.05, 0) is 61.1 Å². The van der Waals surface area contributed by atoms with Crippen molar-refractivity contribution in [2.45, 2.75) is 32.6 Å². The third-order valence-corrected chi connectivity index (χ3v) is 6.07. The lowest BCUT2D eigenvalue weighted by Crippen LogP contribution is -2.17. The van der Waals surface area contributed by atoms with Crippen LogP contribution >= 0.6 is 11.3 Å². The molecule has 0 saturated carbocycles. The molecule has 8 nitrogen and oxygen atoms in total. The Morgan fingerprint density at radius 1 is 0.879 bits per heavy atom. The first-order chi connectivity index (χ1) is 15.8. The van der Waals surface area contributed by atoms with Crippen LogP contribution in [0, 0.1) is 0 Å². The van der Waals surface area contributed by atoms with Crippen molar-refractivity contribution in [3.05, 3.63) is 75.8 Å². The van der Waals surface area contributed by atoms with E-state index in [2.05, 4.69) is 20.9 Å². The highest BCUT2D eigenvalue weighted by atomic mass is 32.1. The Labute approximate surface area is 196 Å². The van der Waals surface area contributed by atoms with Gasteiger partial charge in [-0.3, -0.25) is 14.9 Å². The zero-order valence-electron chi connectivity index (χ0n) is 18.5. The van der Waals surface area contributed by atoms with Crippen LogP contribution in [0.2, 0.25) is 0 Å². The minimum absolute atomic E-state index is 0.113. The number of rotatable bonds is 9. The summed E-state index contributed by atoms with van der Waals surface area (Å²) in [5.74, 6) is -0.272. The third-order valence-electron chi connectivity index (χ3n) is 5.00. The van der Waals surface area contributed by atoms with Gasteiger partial charge in [-0.25, -0.2) is 9.78 Å². The zero-order chi connectivity index (χ0) is 23.8. The number of hydrogen-bond donors (Lipinski definition) is 4. The van der Waals surface area contributed by atoms with Crippen molar-refractivity contribution in [3.63, 3.8) is 0 Å². The summed E-state index contributed by atoms with van der Waals surface area (Å²) in [6, 6.07) is 14.8. The standard InChI is InChI=1S/C24H26N4O4S/c1-15(29)26-23-28-20(13-7-17-5-11-19(12-6-17)27-24(31)32)21(33-23)14-8-16-3-9-18(10-4-16)22(30)25-2/h3-6,9-12,27H,7-8,13-14H2,1-2H3,(H,25,30)(H,31,32)(H,26,28,29). The van der Waals surface area contributed by atoms with E-state index in [0.29, 0.717) is 22.8 Å². The van der Waals surface area contributed by atoms with E-state index < -0.39 is 6.09 Å². The number of carbonyl (C=O) groups excluding carboxylic acids is 2. The maximum atomic E-state index is 11.7. The molecule has 0 spiro atoms. The fraction of sp³-hybridized carbons (Fsp3) is 0.250. The van der Waals surface area contributed by atoms with Gasteiger partial charge in [-0.15, -0.1) is 11.3 Å². The normalized spacial score (nSPS) is 10.5. The molecule has 2 aromatic carbocycles. The maximum absolute atomic E-state index is 11.7. The molecule has 3 rings (SSSR count). The van der Waals surface area contributed by atoms with Gasteiger partial charge >= 0.3 is 6.09 Å². The van der Waals surface area contributed by atoms with Gasteiger partial charge in [0, 0.05) is 30.1 Å². The lowest BCUT2D eigenvalue weighted by atomic mass is 10.0. The second-order valence-corrected chi connectivity index (χ2v) is 8.56. The number of anilines is 2. The van der Waals surface area contributed by atoms with Crippen LogP contribution in [-0.4, -0.2) is 35.0 Å². The maximum Gasteiger partial charge on any atom is 0.409 e. The summed E-state index contributed by atoms with van der Waals surface area (Å²) in [7, 11) is 1.61. The number of nitrogens with zero attached hydrogens (tertiary/aromatic N) is 1. The highest BCUT2D eigenvalue weighted by molar-refractivity contribution is 7.15. The predicted octanol–water partition coefficient (Wildman–Crippen LogP) is 4.12. The van der Waals surface area contributed by atoms with Gasteiger partial charge in [-0.1, -0.05) is 24.3 Å². The second-order valence-electron chi connectivity index (χ2n) is 7.47. The van der Waals surface area contributed by atoms with Crippen LogP contribution in [0.4, 0.5) is 15.6 Å². The van der Waals surface area contributed by atoms with Crippen molar-refractivity contribution < 1.29 is 19.5 Å². The van der Waals surface area contributed by atoms with Gasteiger partial charge in [0.2, 0.25) is 5.91 Å². The molecule has 0 aliphatic heterocycles. The fourth-order valence-electron chi connectivity index (χ4n) is 3.34. The minimum atomic E-state index is -1.09. The van der Waals surface area contributed by atoms with Crippen LogP contribution in [0.1, 0.15) is 39.0 Å². The van der Waals surface area contributed by atoms with Crippen molar-refractivity contribution in [1.82, 2.24) is 10.3 Å². The lowest BCUT2D eigenvalue weighted by Gasteiger charge is -2.06. The number of carboxylic acid groups (broad SMARTS) is 1. The fourth-order valence-corrected chi connectivity index (χ4v) is 4.40. The van der Waals surface area contributed by atoms with Gasteiger partial charge in [0.05, 0.1) is 5.69 Å². The molecular formula is C24H26N4O4S. The van der Waals surface area contributed by atoms with Crippen molar-refractivity contribution in [3.8, 4) is 0 Å². The Balaban J connectivity index is 1.68. The molecule has 3 aromatic rings. The number of carbonyl (C=O) groups is 3. The van der Waals surface area contributed by atoms with Crippen LogP contribution in [0.15, 0.2) is 48.5 Å². The van der Waals surface area contributed by atoms with Crippen LogP contribution in [-0.2, 0) is 30.5 Å².